The molecule has 6 heteroatoms. The SMILES string of the molecule is CCNC(=O)C1(Cc2cccc(-c3ccccc3)c2)CCN(C(=O)[C@H]2CCC(=O)N2)CC1. The summed E-state index contributed by atoms with van der Waals surface area (Å²) < 4.78 is 0. The fourth-order valence-electron chi connectivity index (χ4n) is 4.89. The molecule has 1 atom stereocenters. The van der Waals surface area contributed by atoms with Crippen LogP contribution in [0.1, 0.15) is 38.2 Å². The Morgan fingerprint density at radius 3 is 2.44 bits per heavy atom. The van der Waals surface area contributed by atoms with Gasteiger partial charge < -0.3 is 15.5 Å². The van der Waals surface area contributed by atoms with Crippen molar-refractivity contribution in [3.05, 3.63) is 60.2 Å². The summed E-state index contributed by atoms with van der Waals surface area (Å²) >= 11 is 0. The van der Waals surface area contributed by atoms with Crippen molar-refractivity contribution >= 4 is 17.7 Å². The zero-order chi connectivity index (χ0) is 22.6. The van der Waals surface area contributed by atoms with E-state index in [1.54, 1.807) is 0 Å². The van der Waals surface area contributed by atoms with E-state index in [9.17, 15) is 14.4 Å². The minimum Gasteiger partial charge on any atom is -0.356 e. The fourth-order valence-corrected chi connectivity index (χ4v) is 4.89. The first-order chi connectivity index (χ1) is 15.5. The average molecular weight is 434 g/mol. The number of piperidine rings is 1. The highest BCUT2D eigenvalue weighted by molar-refractivity contribution is 5.91. The Labute approximate surface area is 189 Å². The number of likely N-dealkylation sites (tertiary alicyclic amines) is 1. The van der Waals surface area contributed by atoms with Crippen molar-refractivity contribution in [2.24, 2.45) is 5.41 Å². The van der Waals surface area contributed by atoms with Crippen LogP contribution in [0.4, 0.5) is 0 Å². The minimum atomic E-state index is -0.541. The van der Waals surface area contributed by atoms with Gasteiger partial charge in [0.1, 0.15) is 6.04 Å². The number of nitrogens with one attached hydrogen (secondary N) is 2. The van der Waals surface area contributed by atoms with Gasteiger partial charge in [-0.05, 0) is 49.3 Å². The Balaban J connectivity index is 1.50. The van der Waals surface area contributed by atoms with Crippen molar-refractivity contribution in [2.75, 3.05) is 19.6 Å². The molecule has 0 aliphatic carbocycles. The predicted octanol–water partition coefficient (Wildman–Crippen LogP) is 2.92. The number of hydrogen-bond acceptors (Lipinski definition) is 3. The molecule has 168 valence electrons. The number of carbonyl (C=O) groups is 3. The lowest BCUT2D eigenvalue weighted by Gasteiger charge is -2.41. The van der Waals surface area contributed by atoms with Crippen LogP contribution < -0.4 is 10.6 Å². The Morgan fingerprint density at radius 2 is 1.78 bits per heavy atom. The van der Waals surface area contributed by atoms with Crippen LogP contribution in [0, 0.1) is 5.41 Å². The molecule has 2 aliphatic rings. The van der Waals surface area contributed by atoms with Gasteiger partial charge in [0.25, 0.3) is 0 Å². The third kappa shape index (κ3) is 4.69. The van der Waals surface area contributed by atoms with Gasteiger partial charge in [-0.15, -0.1) is 0 Å². The standard InChI is InChI=1S/C26H31N3O3/c1-2-27-25(32)26(13-15-29(16-14-26)24(31)22-11-12-23(30)28-22)18-19-7-6-10-21(17-19)20-8-4-3-5-9-20/h3-10,17,22H,2,11-16,18H2,1H3,(H,27,32)(H,28,30)/t22-/m1/s1. The monoisotopic (exact) mass is 433 g/mol. The molecule has 0 saturated carbocycles. The van der Waals surface area contributed by atoms with Crippen LogP contribution in [0.2, 0.25) is 0 Å². The molecule has 2 aliphatic heterocycles. The molecule has 0 spiro atoms. The molecule has 0 radical (unpaired) electrons. The zero-order valence-electron chi connectivity index (χ0n) is 18.6. The molecule has 2 saturated heterocycles. The first-order valence-corrected chi connectivity index (χ1v) is 11.5. The summed E-state index contributed by atoms with van der Waals surface area (Å²) in [6.07, 6.45) is 2.83. The van der Waals surface area contributed by atoms with Gasteiger partial charge in [0.05, 0.1) is 5.41 Å². The molecule has 4 rings (SSSR count). The highest BCUT2D eigenvalue weighted by Crippen LogP contribution is 2.37. The van der Waals surface area contributed by atoms with E-state index in [1.165, 1.54) is 0 Å². The summed E-state index contributed by atoms with van der Waals surface area (Å²) in [5, 5.41) is 5.80. The zero-order valence-corrected chi connectivity index (χ0v) is 18.6. The van der Waals surface area contributed by atoms with E-state index in [-0.39, 0.29) is 17.7 Å². The predicted molar refractivity (Wildman–Crippen MR) is 124 cm³/mol. The molecule has 0 bridgehead atoms. The van der Waals surface area contributed by atoms with Gasteiger partial charge in [-0.3, -0.25) is 14.4 Å². The largest absolute Gasteiger partial charge is 0.356 e. The molecule has 6 nitrogen and oxygen atoms in total. The smallest absolute Gasteiger partial charge is 0.245 e. The normalized spacial score (nSPS) is 20.0. The van der Waals surface area contributed by atoms with Gasteiger partial charge in [0.2, 0.25) is 17.7 Å². The lowest BCUT2D eigenvalue weighted by molar-refractivity contribution is -0.141. The van der Waals surface area contributed by atoms with E-state index in [4.69, 9.17) is 0 Å². The van der Waals surface area contributed by atoms with Gasteiger partial charge in [-0.1, -0.05) is 54.6 Å². The van der Waals surface area contributed by atoms with Gasteiger partial charge in [0, 0.05) is 26.1 Å². The fraction of sp³-hybridized carbons (Fsp3) is 0.423. The summed E-state index contributed by atoms with van der Waals surface area (Å²) in [4.78, 5) is 39.3. The van der Waals surface area contributed by atoms with Crippen LogP contribution in [0.3, 0.4) is 0 Å². The number of carbonyl (C=O) groups excluding carboxylic acids is 3. The third-order valence-corrected chi connectivity index (χ3v) is 6.72. The van der Waals surface area contributed by atoms with Crippen molar-refractivity contribution < 1.29 is 14.4 Å². The third-order valence-electron chi connectivity index (χ3n) is 6.72. The molecule has 2 aromatic carbocycles. The van der Waals surface area contributed by atoms with Crippen molar-refractivity contribution in [2.45, 2.75) is 45.1 Å². The molecule has 2 N–H and O–H groups in total. The van der Waals surface area contributed by atoms with Crippen LogP contribution in [0.15, 0.2) is 54.6 Å². The quantitative estimate of drug-likeness (QED) is 0.735. The van der Waals surface area contributed by atoms with Gasteiger partial charge in [-0.25, -0.2) is 0 Å². The number of hydrogen-bond donors (Lipinski definition) is 2. The Hall–Kier alpha value is -3.15. The second-order valence-electron chi connectivity index (χ2n) is 8.87. The van der Waals surface area contributed by atoms with E-state index in [2.05, 4.69) is 41.0 Å². The average Bonchev–Trinajstić information content (AvgIpc) is 3.26. The Kier molecular flexibility index (Phi) is 6.58. The molecule has 3 amide bonds. The van der Waals surface area contributed by atoms with E-state index in [0.717, 1.165) is 16.7 Å². The molecular weight excluding hydrogens is 402 g/mol. The number of amides is 3. The Bertz CT molecular complexity index is 981. The maximum Gasteiger partial charge on any atom is 0.245 e. The number of rotatable bonds is 6. The van der Waals surface area contributed by atoms with Crippen LogP contribution in [-0.2, 0) is 20.8 Å². The highest BCUT2D eigenvalue weighted by atomic mass is 16.2. The second-order valence-corrected chi connectivity index (χ2v) is 8.87. The molecule has 2 aromatic rings. The van der Waals surface area contributed by atoms with Crippen molar-refractivity contribution in [1.29, 1.82) is 0 Å². The molecule has 2 heterocycles. The van der Waals surface area contributed by atoms with Gasteiger partial charge in [0.15, 0.2) is 0 Å². The molecule has 0 aromatic heterocycles. The summed E-state index contributed by atoms with van der Waals surface area (Å²) in [6, 6.07) is 18.2. The lowest BCUT2D eigenvalue weighted by atomic mass is 9.72. The second kappa shape index (κ2) is 9.55. The van der Waals surface area contributed by atoms with Crippen LogP contribution >= 0.6 is 0 Å². The highest BCUT2D eigenvalue weighted by Gasteiger charge is 2.43. The molecular formula is C26H31N3O3. The van der Waals surface area contributed by atoms with Crippen molar-refractivity contribution in [3.8, 4) is 11.1 Å². The van der Waals surface area contributed by atoms with Crippen molar-refractivity contribution in [1.82, 2.24) is 15.5 Å². The topological polar surface area (TPSA) is 78.5 Å². The summed E-state index contributed by atoms with van der Waals surface area (Å²) in [5.74, 6) is -0.0202. The van der Waals surface area contributed by atoms with E-state index < -0.39 is 11.5 Å². The number of nitrogens with zero attached hydrogens (tertiary/aromatic N) is 1. The summed E-state index contributed by atoms with van der Waals surface area (Å²) in [7, 11) is 0. The first-order valence-electron chi connectivity index (χ1n) is 11.5. The van der Waals surface area contributed by atoms with Gasteiger partial charge in [-0.2, -0.15) is 0 Å². The van der Waals surface area contributed by atoms with Crippen molar-refractivity contribution in [3.63, 3.8) is 0 Å². The van der Waals surface area contributed by atoms with Crippen LogP contribution in [0.25, 0.3) is 11.1 Å². The lowest BCUT2D eigenvalue weighted by Crippen LogP contribution is -2.54. The summed E-state index contributed by atoms with van der Waals surface area (Å²) in [5.41, 5.74) is 2.88. The minimum absolute atomic E-state index is 0.0218. The van der Waals surface area contributed by atoms with E-state index in [1.807, 2.05) is 36.1 Å². The van der Waals surface area contributed by atoms with E-state index >= 15 is 0 Å². The maximum atomic E-state index is 13.2. The molecule has 0 unspecified atom stereocenters. The maximum absolute atomic E-state index is 13.2. The first kappa shape index (κ1) is 22.1. The van der Waals surface area contributed by atoms with Crippen LogP contribution in [0.5, 0.6) is 0 Å². The van der Waals surface area contributed by atoms with E-state index in [0.29, 0.717) is 51.7 Å². The Morgan fingerprint density at radius 1 is 1.06 bits per heavy atom. The summed E-state index contributed by atoms with van der Waals surface area (Å²) in [6.45, 7) is 3.58. The number of benzene rings is 2. The van der Waals surface area contributed by atoms with Crippen LogP contribution in [-0.4, -0.2) is 48.3 Å². The molecule has 32 heavy (non-hydrogen) atoms. The molecule has 2 fully saturated rings. The van der Waals surface area contributed by atoms with Gasteiger partial charge >= 0.3 is 0 Å².